The van der Waals surface area contributed by atoms with E-state index < -0.39 is 5.37 Å². The van der Waals surface area contributed by atoms with E-state index in [0.717, 1.165) is 0 Å². The Kier molecular flexibility index (Phi) is 5.35. The second-order valence-corrected chi connectivity index (χ2v) is 2.46. The molecule has 0 unspecified atom stereocenters. The van der Waals surface area contributed by atoms with E-state index in [1.165, 1.54) is 0 Å². The molecule has 0 saturated heterocycles. The normalized spacial score (nSPS) is 10.0. The molecule has 0 radical (unpaired) electrons. The van der Waals surface area contributed by atoms with Crippen LogP contribution in [0.25, 0.3) is 0 Å². The van der Waals surface area contributed by atoms with Crippen molar-refractivity contribution in [1.82, 2.24) is 5.32 Å². The van der Waals surface area contributed by atoms with E-state index in [0.29, 0.717) is 13.2 Å². The van der Waals surface area contributed by atoms with Crippen LogP contribution in [0.1, 0.15) is 13.8 Å². The van der Waals surface area contributed by atoms with Gasteiger partial charge in [-0.05, 0) is 25.4 Å². The van der Waals surface area contributed by atoms with E-state index in [-0.39, 0.29) is 6.10 Å². The Labute approximate surface area is 65.7 Å². The van der Waals surface area contributed by atoms with E-state index in [9.17, 15) is 4.79 Å². The van der Waals surface area contributed by atoms with Gasteiger partial charge in [-0.2, -0.15) is 0 Å². The fourth-order valence-corrected chi connectivity index (χ4v) is 0.538. The van der Waals surface area contributed by atoms with Crippen molar-refractivity contribution in [2.45, 2.75) is 20.0 Å². The lowest BCUT2D eigenvalue weighted by molar-refractivity contribution is 0.0822. The van der Waals surface area contributed by atoms with Gasteiger partial charge in [0.15, 0.2) is 0 Å². The van der Waals surface area contributed by atoms with Crippen LogP contribution in [-0.2, 0) is 4.74 Å². The monoisotopic (exact) mass is 165 g/mol. The highest BCUT2D eigenvalue weighted by Gasteiger charge is 1.94. The summed E-state index contributed by atoms with van der Waals surface area (Å²) in [5.74, 6) is 0. The first-order chi connectivity index (χ1) is 4.63. The number of ether oxygens (including phenoxy) is 1. The molecular formula is C6H12ClNO2. The summed E-state index contributed by atoms with van der Waals surface area (Å²) in [6, 6.07) is 0. The second-order valence-electron chi connectivity index (χ2n) is 2.12. The van der Waals surface area contributed by atoms with Crippen LogP contribution in [0.5, 0.6) is 0 Å². The summed E-state index contributed by atoms with van der Waals surface area (Å²) in [7, 11) is 0. The first-order valence-electron chi connectivity index (χ1n) is 3.18. The Balaban J connectivity index is 2.98. The standard InChI is InChI=1S/C6H12ClNO2/c1-5(2)10-4-3-8-6(7)9/h5H,3-4H2,1-2H3,(H,8,9). The zero-order valence-electron chi connectivity index (χ0n) is 6.19. The number of carbonyl (C=O) groups excluding carboxylic acids is 1. The Hall–Kier alpha value is -0.280. The number of hydrogen-bond donors (Lipinski definition) is 1. The summed E-state index contributed by atoms with van der Waals surface area (Å²) in [6.45, 7) is 4.85. The van der Waals surface area contributed by atoms with E-state index in [1.807, 2.05) is 13.8 Å². The summed E-state index contributed by atoms with van der Waals surface area (Å²) in [4.78, 5) is 10.1. The van der Waals surface area contributed by atoms with Gasteiger partial charge in [-0.25, -0.2) is 0 Å². The molecule has 0 fully saturated rings. The highest BCUT2D eigenvalue weighted by atomic mass is 35.5. The summed E-state index contributed by atoms with van der Waals surface area (Å²) in [6.07, 6.45) is 0.201. The minimum Gasteiger partial charge on any atom is -0.377 e. The number of carbonyl (C=O) groups is 1. The van der Waals surface area contributed by atoms with Gasteiger partial charge in [0.1, 0.15) is 0 Å². The first kappa shape index (κ1) is 9.72. The third-order valence-corrected chi connectivity index (χ3v) is 0.951. The highest BCUT2D eigenvalue weighted by molar-refractivity contribution is 6.62. The van der Waals surface area contributed by atoms with Crippen molar-refractivity contribution in [1.29, 1.82) is 0 Å². The molecule has 4 heteroatoms. The van der Waals surface area contributed by atoms with Gasteiger partial charge in [-0.3, -0.25) is 4.79 Å². The summed E-state index contributed by atoms with van der Waals surface area (Å²) >= 11 is 4.99. The molecule has 0 aromatic heterocycles. The Bertz CT molecular complexity index is 106. The van der Waals surface area contributed by atoms with Crippen molar-refractivity contribution < 1.29 is 9.53 Å². The van der Waals surface area contributed by atoms with Gasteiger partial charge in [-0.1, -0.05) is 0 Å². The lowest BCUT2D eigenvalue weighted by Gasteiger charge is -2.06. The maximum atomic E-state index is 10.1. The van der Waals surface area contributed by atoms with Crippen LogP contribution in [0.4, 0.5) is 4.79 Å². The Morgan fingerprint density at radius 1 is 1.70 bits per heavy atom. The molecule has 1 amide bonds. The van der Waals surface area contributed by atoms with Crippen LogP contribution >= 0.6 is 11.6 Å². The van der Waals surface area contributed by atoms with Gasteiger partial charge in [0, 0.05) is 6.54 Å². The van der Waals surface area contributed by atoms with Crippen molar-refractivity contribution in [2.24, 2.45) is 0 Å². The number of rotatable bonds is 4. The topological polar surface area (TPSA) is 38.3 Å². The average molecular weight is 166 g/mol. The maximum absolute atomic E-state index is 10.1. The van der Waals surface area contributed by atoms with E-state index in [2.05, 4.69) is 5.32 Å². The van der Waals surface area contributed by atoms with Crippen LogP contribution in [0.2, 0.25) is 0 Å². The van der Waals surface area contributed by atoms with Crippen molar-refractivity contribution in [3.63, 3.8) is 0 Å². The molecule has 0 aromatic carbocycles. The van der Waals surface area contributed by atoms with Crippen molar-refractivity contribution >= 4 is 17.0 Å². The third-order valence-electron chi connectivity index (χ3n) is 0.817. The van der Waals surface area contributed by atoms with Crippen LogP contribution in [0, 0.1) is 0 Å². The SMILES string of the molecule is CC(C)OCCNC(=O)Cl. The summed E-state index contributed by atoms with van der Waals surface area (Å²) in [5.41, 5.74) is 0. The smallest absolute Gasteiger partial charge is 0.313 e. The van der Waals surface area contributed by atoms with Crippen molar-refractivity contribution in [3.05, 3.63) is 0 Å². The highest BCUT2D eigenvalue weighted by Crippen LogP contribution is 1.85. The quantitative estimate of drug-likeness (QED) is 0.388. The molecular weight excluding hydrogens is 154 g/mol. The summed E-state index contributed by atoms with van der Waals surface area (Å²) in [5, 5.41) is 1.87. The second kappa shape index (κ2) is 5.50. The van der Waals surface area contributed by atoms with E-state index in [4.69, 9.17) is 16.3 Å². The zero-order chi connectivity index (χ0) is 7.98. The lowest BCUT2D eigenvalue weighted by atomic mass is 10.5. The predicted molar refractivity (Wildman–Crippen MR) is 40.3 cm³/mol. The molecule has 3 nitrogen and oxygen atoms in total. The molecule has 0 aliphatic rings. The van der Waals surface area contributed by atoms with Gasteiger partial charge >= 0.3 is 5.37 Å². The molecule has 60 valence electrons. The van der Waals surface area contributed by atoms with Gasteiger partial charge in [0.05, 0.1) is 12.7 Å². The van der Waals surface area contributed by atoms with Crippen LogP contribution in [0.3, 0.4) is 0 Å². The molecule has 0 aromatic rings. The molecule has 0 aliphatic heterocycles. The number of amides is 1. The largest absolute Gasteiger partial charge is 0.377 e. The number of hydrogen-bond acceptors (Lipinski definition) is 2. The minimum absolute atomic E-state index is 0.201. The molecule has 10 heavy (non-hydrogen) atoms. The average Bonchev–Trinajstić information content (AvgIpc) is 1.79. The van der Waals surface area contributed by atoms with E-state index in [1.54, 1.807) is 0 Å². The number of halogens is 1. The third kappa shape index (κ3) is 7.72. The van der Waals surface area contributed by atoms with Gasteiger partial charge in [0.2, 0.25) is 0 Å². The van der Waals surface area contributed by atoms with Gasteiger partial charge < -0.3 is 10.1 Å². The first-order valence-corrected chi connectivity index (χ1v) is 3.55. The lowest BCUT2D eigenvalue weighted by Crippen LogP contribution is -2.23. The van der Waals surface area contributed by atoms with Crippen molar-refractivity contribution in [3.8, 4) is 0 Å². The molecule has 0 atom stereocenters. The zero-order valence-corrected chi connectivity index (χ0v) is 6.94. The van der Waals surface area contributed by atoms with Crippen LogP contribution in [-0.4, -0.2) is 24.6 Å². The Morgan fingerprint density at radius 2 is 2.30 bits per heavy atom. The number of nitrogens with one attached hydrogen (secondary N) is 1. The molecule has 0 spiro atoms. The van der Waals surface area contributed by atoms with Crippen molar-refractivity contribution in [2.75, 3.05) is 13.2 Å². The molecule has 0 heterocycles. The Morgan fingerprint density at radius 3 is 2.70 bits per heavy atom. The fourth-order valence-electron chi connectivity index (χ4n) is 0.444. The van der Waals surface area contributed by atoms with E-state index >= 15 is 0 Å². The fraction of sp³-hybridized carbons (Fsp3) is 0.833. The summed E-state index contributed by atoms with van der Waals surface area (Å²) < 4.78 is 5.12. The molecule has 0 aliphatic carbocycles. The van der Waals surface area contributed by atoms with Crippen LogP contribution < -0.4 is 5.32 Å². The molecule has 0 rings (SSSR count). The maximum Gasteiger partial charge on any atom is 0.313 e. The van der Waals surface area contributed by atoms with Crippen LogP contribution in [0.15, 0.2) is 0 Å². The molecule has 0 bridgehead atoms. The predicted octanol–water partition coefficient (Wildman–Crippen LogP) is 1.36. The van der Waals surface area contributed by atoms with Gasteiger partial charge in [0.25, 0.3) is 0 Å². The molecule has 0 saturated carbocycles. The molecule has 1 N–H and O–H groups in total. The minimum atomic E-state index is -0.535. The van der Waals surface area contributed by atoms with Gasteiger partial charge in [-0.15, -0.1) is 0 Å².